The summed E-state index contributed by atoms with van der Waals surface area (Å²) in [7, 11) is -0.588. The van der Waals surface area contributed by atoms with E-state index in [0.717, 1.165) is 6.42 Å². The summed E-state index contributed by atoms with van der Waals surface area (Å²) >= 11 is 0. The maximum absolute atomic E-state index is 11.7. The van der Waals surface area contributed by atoms with Crippen LogP contribution in [0.5, 0.6) is 0 Å². The van der Waals surface area contributed by atoms with Gasteiger partial charge in [0.2, 0.25) is 0 Å². The Morgan fingerprint density at radius 3 is 2.37 bits per heavy atom. The number of sulfone groups is 1. The fraction of sp³-hybridized carbons (Fsp3) is 1.00. The lowest BCUT2D eigenvalue weighted by molar-refractivity contribution is 0.0491. The van der Waals surface area contributed by atoms with Crippen LogP contribution in [-0.2, 0) is 9.84 Å². The molecule has 19 heavy (non-hydrogen) atoms. The predicted octanol–water partition coefficient (Wildman–Crippen LogP) is 1.42. The second-order valence-corrected chi connectivity index (χ2v) is 8.48. The highest BCUT2D eigenvalue weighted by atomic mass is 32.2. The Labute approximate surface area is 117 Å². The number of nitrogens with zero attached hydrogens (tertiary/aromatic N) is 1. The van der Waals surface area contributed by atoms with Crippen LogP contribution in [0.4, 0.5) is 0 Å². The zero-order valence-electron chi connectivity index (χ0n) is 12.3. The van der Waals surface area contributed by atoms with Crippen molar-refractivity contribution in [2.24, 2.45) is 0 Å². The minimum absolute atomic E-state index is 0.294. The largest absolute Gasteiger partial charge is 0.313 e. The van der Waals surface area contributed by atoms with Gasteiger partial charge >= 0.3 is 0 Å². The molecule has 2 atom stereocenters. The van der Waals surface area contributed by atoms with Gasteiger partial charge in [0.1, 0.15) is 0 Å². The second-order valence-electron chi connectivity index (χ2n) is 6.18. The fourth-order valence-corrected chi connectivity index (χ4v) is 4.87. The van der Waals surface area contributed by atoms with Crippen molar-refractivity contribution in [2.45, 2.75) is 63.6 Å². The molecule has 2 heterocycles. The summed E-state index contributed by atoms with van der Waals surface area (Å²) < 4.78 is 23.3. The minimum Gasteiger partial charge on any atom is -0.313 e. The molecule has 4 nitrogen and oxygen atoms in total. The maximum Gasteiger partial charge on any atom is 0.151 e. The third-order valence-electron chi connectivity index (χ3n) is 4.70. The van der Waals surface area contributed by atoms with Gasteiger partial charge in [0.25, 0.3) is 0 Å². The van der Waals surface area contributed by atoms with E-state index in [1.54, 1.807) is 0 Å². The molecule has 2 bridgehead atoms. The molecule has 2 fully saturated rings. The summed E-state index contributed by atoms with van der Waals surface area (Å²) in [4.78, 5) is 2.54. The quantitative estimate of drug-likeness (QED) is 0.803. The first-order valence-electron chi connectivity index (χ1n) is 7.67. The molecule has 5 heteroatoms. The van der Waals surface area contributed by atoms with Gasteiger partial charge in [-0.3, -0.25) is 0 Å². The first-order valence-corrected chi connectivity index (χ1v) is 9.49. The van der Waals surface area contributed by atoms with Crippen LogP contribution in [-0.4, -0.2) is 56.5 Å². The number of nitrogens with one attached hydrogen (secondary N) is 1. The Bertz CT molecular complexity index is 369. The van der Waals surface area contributed by atoms with Gasteiger partial charge in [-0.05, 0) is 39.2 Å². The minimum atomic E-state index is -2.83. The second kappa shape index (κ2) is 6.55. The monoisotopic (exact) mass is 288 g/mol. The first-order chi connectivity index (χ1) is 9.02. The van der Waals surface area contributed by atoms with Crippen LogP contribution in [0, 0.1) is 0 Å². The van der Waals surface area contributed by atoms with Crippen LogP contribution in [0.2, 0.25) is 0 Å². The first kappa shape index (κ1) is 15.3. The van der Waals surface area contributed by atoms with Crippen molar-refractivity contribution >= 4 is 9.84 Å². The van der Waals surface area contributed by atoms with Gasteiger partial charge in [-0.15, -0.1) is 0 Å². The Kier molecular flexibility index (Phi) is 5.26. The fourth-order valence-electron chi connectivity index (χ4n) is 3.61. The van der Waals surface area contributed by atoms with Crippen molar-refractivity contribution in [3.8, 4) is 0 Å². The summed E-state index contributed by atoms with van der Waals surface area (Å²) in [5.74, 6) is 0.621. The zero-order valence-corrected chi connectivity index (χ0v) is 13.1. The molecule has 2 rings (SSSR count). The van der Waals surface area contributed by atoms with E-state index in [2.05, 4.69) is 17.3 Å². The molecule has 0 radical (unpaired) electrons. The number of fused-ring (bicyclic) bond motifs is 2. The average Bonchev–Trinajstić information content (AvgIpc) is 2.29. The molecule has 0 spiro atoms. The van der Waals surface area contributed by atoms with Gasteiger partial charge in [-0.1, -0.05) is 13.3 Å². The molecule has 0 aromatic heterocycles. The molecule has 112 valence electrons. The SMILES string of the molecule is CCCS(=O)(=O)CCNC1CC2CCCC(C1)N2C. The van der Waals surface area contributed by atoms with Crippen molar-refractivity contribution in [2.75, 3.05) is 25.1 Å². The molecular weight excluding hydrogens is 260 g/mol. The number of piperidine rings is 2. The molecule has 1 N–H and O–H groups in total. The zero-order chi connectivity index (χ0) is 13.9. The van der Waals surface area contributed by atoms with Crippen LogP contribution in [0.25, 0.3) is 0 Å². The van der Waals surface area contributed by atoms with E-state index < -0.39 is 9.84 Å². The lowest BCUT2D eigenvalue weighted by atomic mass is 9.82. The molecule has 2 unspecified atom stereocenters. The van der Waals surface area contributed by atoms with Gasteiger partial charge in [-0.2, -0.15) is 0 Å². The highest BCUT2D eigenvalue weighted by Crippen LogP contribution is 2.32. The summed E-state index contributed by atoms with van der Waals surface area (Å²) in [5.41, 5.74) is 0. The summed E-state index contributed by atoms with van der Waals surface area (Å²) in [6.07, 6.45) is 7.05. The van der Waals surface area contributed by atoms with E-state index in [-0.39, 0.29) is 0 Å². The smallest absolute Gasteiger partial charge is 0.151 e. The van der Waals surface area contributed by atoms with Crippen molar-refractivity contribution in [3.63, 3.8) is 0 Å². The van der Waals surface area contributed by atoms with Crippen LogP contribution < -0.4 is 5.32 Å². The third kappa shape index (κ3) is 4.17. The Hall–Kier alpha value is -0.130. The maximum atomic E-state index is 11.7. The molecule has 2 saturated heterocycles. The molecule has 2 aliphatic rings. The highest BCUT2D eigenvalue weighted by Gasteiger charge is 2.35. The molecule has 0 aromatic rings. The summed E-state index contributed by atoms with van der Waals surface area (Å²) in [6.45, 7) is 2.54. The van der Waals surface area contributed by atoms with Gasteiger partial charge in [0.15, 0.2) is 9.84 Å². The van der Waals surface area contributed by atoms with Crippen LogP contribution in [0.1, 0.15) is 45.4 Å². The molecule has 0 saturated carbocycles. The third-order valence-corrected chi connectivity index (χ3v) is 6.56. The van der Waals surface area contributed by atoms with Gasteiger partial charge in [0, 0.05) is 30.4 Å². The topological polar surface area (TPSA) is 49.4 Å². The Morgan fingerprint density at radius 1 is 1.16 bits per heavy atom. The lowest BCUT2D eigenvalue weighted by Crippen LogP contribution is -2.54. The van der Waals surface area contributed by atoms with Crippen molar-refractivity contribution in [1.82, 2.24) is 10.2 Å². The average molecular weight is 288 g/mol. The van der Waals surface area contributed by atoms with Gasteiger partial charge in [-0.25, -0.2) is 8.42 Å². The molecule has 0 aliphatic carbocycles. The van der Waals surface area contributed by atoms with E-state index in [1.165, 1.54) is 32.1 Å². The van der Waals surface area contributed by atoms with Crippen molar-refractivity contribution < 1.29 is 8.42 Å². The van der Waals surface area contributed by atoms with Gasteiger partial charge in [0.05, 0.1) is 5.75 Å². The molecular formula is C14H28N2O2S. The Morgan fingerprint density at radius 2 is 1.79 bits per heavy atom. The van der Waals surface area contributed by atoms with Gasteiger partial charge < -0.3 is 10.2 Å². The van der Waals surface area contributed by atoms with Crippen LogP contribution >= 0.6 is 0 Å². The highest BCUT2D eigenvalue weighted by molar-refractivity contribution is 7.91. The van der Waals surface area contributed by atoms with E-state index in [0.29, 0.717) is 36.2 Å². The summed E-state index contributed by atoms with van der Waals surface area (Å²) in [6, 6.07) is 1.93. The predicted molar refractivity (Wildman–Crippen MR) is 79.2 cm³/mol. The van der Waals surface area contributed by atoms with E-state index in [4.69, 9.17) is 0 Å². The summed E-state index contributed by atoms with van der Waals surface area (Å²) in [5, 5.41) is 3.48. The standard InChI is InChI=1S/C14H28N2O2S/c1-3-8-19(17,18)9-7-15-12-10-13-5-4-6-14(11-12)16(13)2/h12-15H,3-11H2,1-2H3. The molecule has 0 aromatic carbocycles. The Balaban J connectivity index is 1.76. The lowest BCUT2D eigenvalue weighted by Gasteiger charge is -2.47. The number of hydrogen-bond donors (Lipinski definition) is 1. The van der Waals surface area contributed by atoms with E-state index in [1.807, 2.05) is 6.92 Å². The number of hydrogen-bond acceptors (Lipinski definition) is 4. The van der Waals surface area contributed by atoms with Crippen LogP contribution in [0.15, 0.2) is 0 Å². The molecule has 2 aliphatic heterocycles. The van der Waals surface area contributed by atoms with E-state index in [9.17, 15) is 8.42 Å². The van der Waals surface area contributed by atoms with E-state index >= 15 is 0 Å². The van der Waals surface area contributed by atoms with Crippen LogP contribution in [0.3, 0.4) is 0 Å². The van der Waals surface area contributed by atoms with Crippen molar-refractivity contribution in [1.29, 1.82) is 0 Å². The normalized spacial score (nSPS) is 32.4. The molecule has 0 amide bonds. The van der Waals surface area contributed by atoms with Crippen molar-refractivity contribution in [3.05, 3.63) is 0 Å². The number of rotatable bonds is 6.